The molecule has 1 aromatic rings. The van der Waals surface area contributed by atoms with Gasteiger partial charge in [0.15, 0.2) is 5.96 Å². The van der Waals surface area contributed by atoms with E-state index in [-0.39, 0.29) is 25.4 Å². The third kappa shape index (κ3) is 6.61. The highest BCUT2D eigenvalue weighted by atomic mass is 19.4. The van der Waals surface area contributed by atoms with Crippen molar-refractivity contribution in [1.29, 1.82) is 0 Å². The molecule has 1 fully saturated rings. The molecule has 0 amide bonds. The zero-order valence-electron chi connectivity index (χ0n) is 15.7. The number of methoxy groups -OCH3 is 1. The van der Waals surface area contributed by atoms with Crippen molar-refractivity contribution in [3.63, 3.8) is 0 Å². The Hall–Kier alpha value is -1.96. The number of benzene rings is 1. The fraction of sp³-hybridized carbons (Fsp3) is 0.632. The van der Waals surface area contributed by atoms with Gasteiger partial charge in [-0.15, -0.1) is 0 Å². The van der Waals surface area contributed by atoms with E-state index < -0.39 is 18.2 Å². The number of aliphatic imine (C=N–C) groups is 1. The Morgan fingerprint density at radius 2 is 1.85 bits per heavy atom. The van der Waals surface area contributed by atoms with Crippen LogP contribution in [0.3, 0.4) is 0 Å². The number of ether oxygens (including phenoxy) is 1. The second-order valence-electron chi connectivity index (χ2n) is 6.74. The smallest absolute Gasteiger partial charge is 0.391 e. The molecule has 0 saturated heterocycles. The number of halogens is 3. The van der Waals surface area contributed by atoms with Crippen LogP contribution in [-0.2, 0) is 0 Å². The largest absolute Gasteiger partial charge is 0.497 e. The number of hydrogen-bond donors (Lipinski definition) is 3. The van der Waals surface area contributed by atoms with Gasteiger partial charge in [-0.25, -0.2) is 0 Å². The molecule has 0 bridgehead atoms. The highest BCUT2D eigenvalue weighted by Crippen LogP contribution is 2.37. The van der Waals surface area contributed by atoms with Crippen LogP contribution in [0.5, 0.6) is 5.75 Å². The van der Waals surface area contributed by atoms with Crippen LogP contribution in [0.1, 0.15) is 44.3 Å². The van der Waals surface area contributed by atoms with E-state index in [2.05, 4.69) is 15.6 Å². The van der Waals surface area contributed by atoms with Crippen LogP contribution < -0.4 is 15.4 Å². The molecule has 5 nitrogen and oxygen atoms in total. The maximum absolute atomic E-state index is 12.8. The topological polar surface area (TPSA) is 65.9 Å². The molecule has 1 saturated carbocycles. The van der Waals surface area contributed by atoms with Crippen molar-refractivity contribution in [2.24, 2.45) is 10.9 Å². The second kappa shape index (κ2) is 9.82. The van der Waals surface area contributed by atoms with Crippen LogP contribution in [0.4, 0.5) is 13.2 Å². The van der Waals surface area contributed by atoms with Crippen molar-refractivity contribution in [3.05, 3.63) is 29.8 Å². The molecule has 1 aliphatic rings. The van der Waals surface area contributed by atoms with Crippen LogP contribution in [0, 0.1) is 5.92 Å². The maximum Gasteiger partial charge on any atom is 0.391 e. The molecule has 1 aromatic carbocycles. The molecule has 0 spiro atoms. The van der Waals surface area contributed by atoms with Crippen molar-refractivity contribution in [2.75, 3.05) is 20.2 Å². The lowest BCUT2D eigenvalue weighted by Crippen LogP contribution is -2.46. The average Bonchev–Trinajstić information content (AvgIpc) is 2.66. The third-order valence-electron chi connectivity index (χ3n) is 4.80. The molecule has 0 aliphatic heterocycles. The van der Waals surface area contributed by atoms with Crippen LogP contribution in [0.25, 0.3) is 0 Å². The number of rotatable bonds is 6. The monoisotopic (exact) mass is 387 g/mol. The predicted octanol–water partition coefficient (Wildman–Crippen LogP) is 3.40. The summed E-state index contributed by atoms with van der Waals surface area (Å²) in [6.07, 6.45) is -3.70. The summed E-state index contributed by atoms with van der Waals surface area (Å²) in [4.78, 5) is 4.39. The van der Waals surface area contributed by atoms with Gasteiger partial charge in [0.05, 0.1) is 25.7 Å². The summed E-state index contributed by atoms with van der Waals surface area (Å²) in [7, 11) is 1.58. The van der Waals surface area contributed by atoms with E-state index in [9.17, 15) is 18.3 Å². The normalized spacial score (nSPS) is 22.2. The molecule has 0 radical (unpaired) electrons. The number of alkyl halides is 3. The molecule has 27 heavy (non-hydrogen) atoms. The van der Waals surface area contributed by atoms with Crippen LogP contribution in [-0.4, -0.2) is 43.5 Å². The molecule has 8 heteroatoms. The summed E-state index contributed by atoms with van der Waals surface area (Å²) in [6, 6.07) is 7.05. The zero-order chi connectivity index (χ0) is 19.9. The van der Waals surface area contributed by atoms with Gasteiger partial charge in [0.2, 0.25) is 0 Å². The predicted molar refractivity (Wildman–Crippen MR) is 98.9 cm³/mol. The Labute approximate surface area is 158 Å². The Morgan fingerprint density at radius 1 is 1.22 bits per heavy atom. The highest BCUT2D eigenvalue weighted by Gasteiger charge is 2.41. The van der Waals surface area contributed by atoms with Crippen LogP contribution in [0.2, 0.25) is 0 Å². The number of nitrogens with zero attached hydrogens (tertiary/aromatic N) is 1. The van der Waals surface area contributed by atoms with E-state index in [1.807, 2.05) is 6.92 Å². The van der Waals surface area contributed by atoms with Gasteiger partial charge >= 0.3 is 6.18 Å². The van der Waals surface area contributed by atoms with E-state index in [1.165, 1.54) is 0 Å². The summed E-state index contributed by atoms with van der Waals surface area (Å²) in [5.74, 6) is 0.0198. The Kier molecular flexibility index (Phi) is 7.77. The number of guanidine groups is 1. The van der Waals surface area contributed by atoms with Gasteiger partial charge in [0.25, 0.3) is 0 Å². The molecular formula is C19H28F3N3O2. The molecule has 2 rings (SSSR count). The summed E-state index contributed by atoms with van der Waals surface area (Å²) in [5.41, 5.74) is 0.723. The first kappa shape index (κ1) is 21.3. The summed E-state index contributed by atoms with van der Waals surface area (Å²) >= 11 is 0. The standard InChI is InChI=1S/C19H28F3N3O2/c1-3-23-18(25-15-8-6-14(7-9-15)19(20,21)22)24-12-17(26)13-4-10-16(27-2)11-5-13/h4-5,10-11,14-15,17,26H,3,6-9,12H2,1-2H3,(H2,23,24,25). The fourth-order valence-corrected chi connectivity index (χ4v) is 3.19. The lowest BCUT2D eigenvalue weighted by molar-refractivity contribution is -0.182. The Bertz CT molecular complexity index is 597. The molecular weight excluding hydrogens is 359 g/mol. The van der Waals surface area contributed by atoms with Gasteiger partial charge < -0.3 is 20.5 Å². The molecule has 0 aromatic heterocycles. The zero-order valence-corrected chi connectivity index (χ0v) is 15.7. The molecule has 3 N–H and O–H groups in total. The van der Waals surface area contributed by atoms with Crippen molar-refractivity contribution >= 4 is 5.96 Å². The lowest BCUT2D eigenvalue weighted by Gasteiger charge is -2.31. The molecule has 0 heterocycles. The third-order valence-corrected chi connectivity index (χ3v) is 4.80. The maximum atomic E-state index is 12.8. The number of aliphatic hydroxyl groups is 1. The van der Waals surface area contributed by atoms with Crippen molar-refractivity contribution in [1.82, 2.24) is 10.6 Å². The lowest BCUT2D eigenvalue weighted by atomic mass is 9.85. The fourth-order valence-electron chi connectivity index (χ4n) is 3.19. The first-order chi connectivity index (χ1) is 12.8. The van der Waals surface area contributed by atoms with Gasteiger partial charge in [0, 0.05) is 12.6 Å². The van der Waals surface area contributed by atoms with Crippen molar-refractivity contribution in [3.8, 4) is 5.75 Å². The molecule has 1 aliphatic carbocycles. The summed E-state index contributed by atoms with van der Waals surface area (Å²) < 4.78 is 43.4. The highest BCUT2D eigenvalue weighted by molar-refractivity contribution is 5.80. The quantitative estimate of drug-likeness (QED) is 0.517. The van der Waals surface area contributed by atoms with Crippen LogP contribution in [0.15, 0.2) is 29.3 Å². The SMILES string of the molecule is CCNC(=NCC(O)c1ccc(OC)cc1)NC1CCC(C(F)(F)F)CC1. The van der Waals surface area contributed by atoms with E-state index in [0.717, 1.165) is 5.56 Å². The van der Waals surface area contributed by atoms with Crippen LogP contribution >= 0.6 is 0 Å². The average molecular weight is 387 g/mol. The van der Waals surface area contributed by atoms with Gasteiger partial charge in [-0.2, -0.15) is 13.2 Å². The first-order valence-corrected chi connectivity index (χ1v) is 9.27. The van der Waals surface area contributed by atoms with E-state index >= 15 is 0 Å². The second-order valence-corrected chi connectivity index (χ2v) is 6.74. The van der Waals surface area contributed by atoms with Gasteiger partial charge in [-0.3, -0.25) is 4.99 Å². The van der Waals surface area contributed by atoms with E-state index in [0.29, 0.717) is 31.1 Å². The summed E-state index contributed by atoms with van der Waals surface area (Å²) in [5, 5.41) is 16.6. The minimum atomic E-state index is -4.11. The molecule has 1 unspecified atom stereocenters. The number of nitrogens with one attached hydrogen (secondary N) is 2. The Morgan fingerprint density at radius 3 is 2.37 bits per heavy atom. The van der Waals surface area contributed by atoms with Gasteiger partial charge in [-0.1, -0.05) is 12.1 Å². The minimum absolute atomic E-state index is 0.0421. The Balaban J connectivity index is 1.90. The number of hydrogen-bond acceptors (Lipinski definition) is 3. The van der Waals surface area contributed by atoms with Gasteiger partial charge in [0.1, 0.15) is 5.75 Å². The summed E-state index contributed by atoms with van der Waals surface area (Å²) in [6.45, 7) is 2.69. The first-order valence-electron chi connectivity index (χ1n) is 9.27. The molecule has 152 valence electrons. The van der Waals surface area contributed by atoms with E-state index in [1.54, 1.807) is 31.4 Å². The minimum Gasteiger partial charge on any atom is -0.497 e. The number of aliphatic hydroxyl groups excluding tert-OH is 1. The van der Waals surface area contributed by atoms with Crippen molar-refractivity contribution in [2.45, 2.75) is 50.9 Å². The molecule has 1 atom stereocenters. The van der Waals surface area contributed by atoms with E-state index in [4.69, 9.17) is 4.74 Å². The van der Waals surface area contributed by atoms with Gasteiger partial charge in [-0.05, 0) is 50.3 Å². The van der Waals surface area contributed by atoms with Crippen molar-refractivity contribution < 1.29 is 23.0 Å².